The summed E-state index contributed by atoms with van der Waals surface area (Å²) in [6.07, 6.45) is 2.23. The van der Waals surface area contributed by atoms with Crippen LogP contribution in [0.25, 0.3) is 0 Å². The minimum Gasteiger partial charge on any atom is -0.491 e. The second kappa shape index (κ2) is 8.68. The van der Waals surface area contributed by atoms with E-state index in [-0.39, 0.29) is 0 Å². The molecular weight excluding hydrogens is 281 g/mol. The van der Waals surface area contributed by atoms with E-state index in [4.69, 9.17) is 27.9 Å². The van der Waals surface area contributed by atoms with Crippen molar-refractivity contribution < 1.29 is 4.74 Å². The van der Waals surface area contributed by atoms with Gasteiger partial charge in [0.15, 0.2) is 0 Å². The van der Waals surface area contributed by atoms with Crippen molar-refractivity contribution in [2.75, 3.05) is 13.2 Å². The van der Waals surface area contributed by atoms with Crippen LogP contribution in [0.1, 0.15) is 39.2 Å². The summed E-state index contributed by atoms with van der Waals surface area (Å²) in [5.74, 6) is 1.33. The first kappa shape index (κ1) is 16.6. The minimum atomic E-state index is 0.568. The SMILES string of the molecule is CCNCc1cc(Cl)cc(Cl)c1OCC(CC)CC. The van der Waals surface area contributed by atoms with Crippen molar-refractivity contribution in [3.05, 3.63) is 27.7 Å². The van der Waals surface area contributed by atoms with Crippen molar-refractivity contribution in [2.24, 2.45) is 5.92 Å². The normalized spacial score (nSPS) is 11.1. The lowest BCUT2D eigenvalue weighted by molar-refractivity contribution is 0.238. The van der Waals surface area contributed by atoms with Gasteiger partial charge in [-0.15, -0.1) is 0 Å². The molecule has 2 nitrogen and oxygen atoms in total. The third-order valence-corrected chi connectivity index (χ3v) is 3.77. The Morgan fingerprint density at radius 3 is 2.42 bits per heavy atom. The molecule has 0 aliphatic rings. The average Bonchev–Trinajstić information content (AvgIpc) is 2.39. The highest BCUT2D eigenvalue weighted by molar-refractivity contribution is 6.35. The Hall–Kier alpha value is -0.440. The van der Waals surface area contributed by atoms with Crippen LogP contribution in [0.5, 0.6) is 5.75 Å². The van der Waals surface area contributed by atoms with E-state index in [0.29, 0.717) is 22.6 Å². The highest BCUT2D eigenvalue weighted by Gasteiger charge is 2.12. The third-order valence-electron chi connectivity index (χ3n) is 3.27. The van der Waals surface area contributed by atoms with Crippen LogP contribution in [0.15, 0.2) is 12.1 Å². The quantitative estimate of drug-likeness (QED) is 0.736. The smallest absolute Gasteiger partial charge is 0.142 e. The number of nitrogens with one attached hydrogen (secondary N) is 1. The number of ether oxygens (including phenoxy) is 1. The van der Waals surface area contributed by atoms with Gasteiger partial charge in [-0.3, -0.25) is 0 Å². The van der Waals surface area contributed by atoms with Crippen LogP contribution in [0.4, 0.5) is 0 Å². The van der Waals surface area contributed by atoms with Gasteiger partial charge in [0, 0.05) is 17.1 Å². The highest BCUT2D eigenvalue weighted by Crippen LogP contribution is 2.33. The van der Waals surface area contributed by atoms with Crippen molar-refractivity contribution >= 4 is 23.2 Å². The van der Waals surface area contributed by atoms with Crippen LogP contribution in [-0.4, -0.2) is 13.2 Å². The summed E-state index contributed by atoms with van der Waals surface area (Å²) in [5, 5.41) is 4.51. The first-order valence-electron chi connectivity index (χ1n) is 6.93. The van der Waals surface area contributed by atoms with E-state index in [0.717, 1.165) is 37.2 Å². The average molecular weight is 304 g/mol. The molecule has 1 rings (SSSR count). The maximum Gasteiger partial charge on any atom is 0.142 e. The summed E-state index contributed by atoms with van der Waals surface area (Å²) in [5.41, 5.74) is 1.02. The molecule has 0 aromatic heterocycles. The number of hydrogen-bond acceptors (Lipinski definition) is 2. The van der Waals surface area contributed by atoms with Crippen molar-refractivity contribution in [2.45, 2.75) is 40.2 Å². The predicted octanol–water partition coefficient (Wildman–Crippen LogP) is 4.92. The molecule has 0 saturated heterocycles. The molecule has 0 radical (unpaired) electrons. The van der Waals surface area contributed by atoms with Gasteiger partial charge in [0.1, 0.15) is 5.75 Å². The Morgan fingerprint density at radius 2 is 1.84 bits per heavy atom. The molecule has 0 spiro atoms. The zero-order valence-corrected chi connectivity index (χ0v) is 13.4. The molecule has 0 aliphatic carbocycles. The molecular formula is C15H23Cl2NO. The Bertz CT molecular complexity index is 392. The minimum absolute atomic E-state index is 0.568. The summed E-state index contributed by atoms with van der Waals surface area (Å²) < 4.78 is 5.93. The Kier molecular flexibility index (Phi) is 7.59. The second-order valence-corrected chi connectivity index (χ2v) is 5.49. The summed E-state index contributed by atoms with van der Waals surface area (Å²) in [7, 11) is 0. The lowest BCUT2D eigenvalue weighted by atomic mass is 10.1. The predicted molar refractivity (Wildman–Crippen MR) is 83.4 cm³/mol. The van der Waals surface area contributed by atoms with Crippen molar-refractivity contribution in [1.82, 2.24) is 5.32 Å². The largest absolute Gasteiger partial charge is 0.491 e. The van der Waals surface area contributed by atoms with Gasteiger partial charge in [-0.1, -0.05) is 56.8 Å². The molecule has 1 aromatic carbocycles. The van der Waals surface area contributed by atoms with E-state index < -0.39 is 0 Å². The summed E-state index contributed by atoms with van der Waals surface area (Å²) in [6, 6.07) is 3.65. The van der Waals surface area contributed by atoms with Gasteiger partial charge in [-0.25, -0.2) is 0 Å². The van der Waals surface area contributed by atoms with E-state index in [1.807, 2.05) is 6.07 Å². The first-order valence-corrected chi connectivity index (χ1v) is 7.69. The Balaban J connectivity index is 2.84. The van der Waals surface area contributed by atoms with Crippen LogP contribution in [0, 0.1) is 5.92 Å². The van der Waals surface area contributed by atoms with E-state index in [2.05, 4.69) is 26.1 Å². The Morgan fingerprint density at radius 1 is 1.16 bits per heavy atom. The standard InChI is InChI=1S/C15H23Cl2NO/c1-4-11(5-2)10-19-15-12(9-18-6-3)7-13(16)8-14(15)17/h7-8,11,18H,4-6,9-10H2,1-3H3. The molecule has 19 heavy (non-hydrogen) atoms. The van der Waals surface area contributed by atoms with Gasteiger partial charge in [-0.05, 0) is 24.6 Å². The number of rotatable bonds is 8. The Labute approximate surface area is 126 Å². The number of hydrogen-bond donors (Lipinski definition) is 1. The molecule has 108 valence electrons. The molecule has 1 N–H and O–H groups in total. The zero-order valence-electron chi connectivity index (χ0n) is 11.9. The maximum atomic E-state index is 6.25. The molecule has 0 aliphatic heterocycles. The summed E-state index contributed by atoms with van der Waals surface area (Å²) in [4.78, 5) is 0. The van der Waals surface area contributed by atoms with Crippen molar-refractivity contribution in [1.29, 1.82) is 0 Å². The van der Waals surface area contributed by atoms with Gasteiger partial charge in [0.25, 0.3) is 0 Å². The third kappa shape index (κ3) is 5.21. The summed E-state index contributed by atoms with van der Waals surface area (Å²) in [6.45, 7) is 8.75. The van der Waals surface area contributed by atoms with Crippen molar-refractivity contribution in [3.8, 4) is 5.75 Å². The van der Waals surface area contributed by atoms with E-state index in [1.165, 1.54) is 0 Å². The van der Waals surface area contributed by atoms with Crippen LogP contribution >= 0.6 is 23.2 Å². The molecule has 0 bridgehead atoms. The molecule has 0 fully saturated rings. The topological polar surface area (TPSA) is 21.3 Å². The zero-order chi connectivity index (χ0) is 14.3. The van der Waals surface area contributed by atoms with Gasteiger partial charge in [-0.2, -0.15) is 0 Å². The fourth-order valence-electron chi connectivity index (χ4n) is 1.89. The van der Waals surface area contributed by atoms with Crippen LogP contribution < -0.4 is 10.1 Å². The maximum absolute atomic E-state index is 6.25. The van der Waals surface area contributed by atoms with Gasteiger partial charge in [0.05, 0.1) is 11.6 Å². The van der Waals surface area contributed by atoms with Crippen molar-refractivity contribution in [3.63, 3.8) is 0 Å². The van der Waals surface area contributed by atoms with E-state index in [1.54, 1.807) is 6.07 Å². The molecule has 0 atom stereocenters. The van der Waals surface area contributed by atoms with Crippen LogP contribution in [-0.2, 0) is 6.54 Å². The molecule has 0 heterocycles. The molecule has 0 unspecified atom stereocenters. The molecule has 4 heteroatoms. The summed E-state index contributed by atoms with van der Waals surface area (Å²) >= 11 is 12.3. The second-order valence-electron chi connectivity index (χ2n) is 4.65. The van der Waals surface area contributed by atoms with Crippen LogP contribution in [0.2, 0.25) is 10.0 Å². The van der Waals surface area contributed by atoms with Gasteiger partial charge >= 0.3 is 0 Å². The molecule has 1 aromatic rings. The number of halogens is 2. The fraction of sp³-hybridized carbons (Fsp3) is 0.600. The monoisotopic (exact) mass is 303 g/mol. The fourth-order valence-corrected chi connectivity index (χ4v) is 2.48. The highest BCUT2D eigenvalue weighted by atomic mass is 35.5. The molecule has 0 amide bonds. The lowest BCUT2D eigenvalue weighted by Crippen LogP contribution is -2.15. The first-order chi connectivity index (χ1) is 9.12. The van der Waals surface area contributed by atoms with E-state index in [9.17, 15) is 0 Å². The van der Waals surface area contributed by atoms with Gasteiger partial charge < -0.3 is 10.1 Å². The lowest BCUT2D eigenvalue weighted by Gasteiger charge is -2.18. The van der Waals surface area contributed by atoms with E-state index >= 15 is 0 Å². The van der Waals surface area contributed by atoms with Gasteiger partial charge in [0.2, 0.25) is 0 Å². The van der Waals surface area contributed by atoms with Crippen LogP contribution in [0.3, 0.4) is 0 Å². The molecule has 0 saturated carbocycles. The number of benzene rings is 1.